The SMILES string of the molecule is CC(C)Oc1ccc(Cn2c(=O)n(C3CCCCC3)c(=O)c3c4c(sc32)COC(C)(C)C4)cc1. The van der Waals surface area contributed by atoms with E-state index < -0.39 is 0 Å². The molecule has 2 aromatic heterocycles. The molecule has 0 saturated heterocycles. The van der Waals surface area contributed by atoms with Gasteiger partial charge in [-0.15, -0.1) is 11.3 Å². The number of thiophene rings is 1. The van der Waals surface area contributed by atoms with E-state index in [1.807, 2.05) is 42.7 Å². The molecule has 3 heterocycles. The summed E-state index contributed by atoms with van der Waals surface area (Å²) in [5, 5.41) is 0.723. The lowest BCUT2D eigenvalue weighted by molar-refractivity contribution is -0.0379. The van der Waals surface area contributed by atoms with Gasteiger partial charge in [-0.25, -0.2) is 4.79 Å². The number of aromatic nitrogens is 2. The summed E-state index contributed by atoms with van der Waals surface area (Å²) in [6, 6.07) is 7.89. The molecule has 0 amide bonds. The van der Waals surface area contributed by atoms with Gasteiger partial charge >= 0.3 is 5.69 Å². The Morgan fingerprint density at radius 1 is 1.12 bits per heavy atom. The zero-order valence-corrected chi connectivity index (χ0v) is 21.4. The number of hydrogen-bond acceptors (Lipinski definition) is 5. The van der Waals surface area contributed by atoms with Crippen LogP contribution in [0, 0.1) is 0 Å². The van der Waals surface area contributed by atoms with E-state index in [0.29, 0.717) is 19.6 Å². The van der Waals surface area contributed by atoms with Crippen LogP contribution in [0.2, 0.25) is 0 Å². The average molecular weight is 483 g/mol. The summed E-state index contributed by atoms with van der Waals surface area (Å²) in [6.45, 7) is 9.05. The third-order valence-corrected chi connectivity index (χ3v) is 8.19. The molecule has 1 saturated carbocycles. The molecule has 182 valence electrons. The van der Waals surface area contributed by atoms with E-state index in [-0.39, 0.29) is 29.0 Å². The maximum Gasteiger partial charge on any atom is 0.332 e. The van der Waals surface area contributed by atoms with Gasteiger partial charge in [-0.3, -0.25) is 13.9 Å². The van der Waals surface area contributed by atoms with Crippen molar-refractivity contribution in [3.8, 4) is 5.75 Å². The molecule has 6 nitrogen and oxygen atoms in total. The number of ether oxygens (including phenoxy) is 2. The number of hydrogen-bond donors (Lipinski definition) is 0. The highest BCUT2D eigenvalue weighted by Gasteiger charge is 2.33. The van der Waals surface area contributed by atoms with Crippen LogP contribution >= 0.6 is 11.3 Å². The number of nitrogens with zero attached hydrogens (tertiary/aromatic N) is 2. The van der Waals surface area contributed by atoms with Crippen molar-refractivity contribution in [2.75, 3.05) is 0 Å². The van der Waals surface area contributed by atoms with Gasteiger partial charge in [0.1, 0.15) is 10.6 Å². The molecule has 5 rings (SSSR count). The molecule has 0 bridgehead atoms. The minimum absolute atomic E-state index is 0.0189. The predicted molar refractivity (Wildman–Crippen MR) is 136 cm³/mol. The van der Waals surface area contributed by atoms with E-state index in [1.165, 1.54) is 6.42 Å². The lowest BCUT2D eigenvalue weighted by Gasteiger charge is -2.30. The molecule has 0 spiro atoms. The largest absolute Gasteiger partial charge is 0.491 e. The van der Waals surface area contributed by atoms with Crippen LogP contribution in [-0.2, 0) is 24.3 Å². The van der Waals surface area contributed by atoms with Gasteiger partial charge in [0, 0.05) is 17.3 Å². The zero-order valence-electron chi connectivity index (χ0n) is 20.6. The van der Waals surface area contributed by atoms with Crippen LogP contribution in [0.1, 0.15) is 81.8 Å². The molecule has 7 heteroatoms. The molecule has 2 aliphatic rings. The van der Waals surface area contributed by atoms with Gasteiger partial charge in [0.15, 0.2) is 0 Å². The summed E-state index contributed by atoms with van der Waals surface area (Å²) in [7, 11) is 0. The Kier molecular flexibility index (Phi) is 6.19. The highest BCUT2D eigenvalue weighted by atomic mass is 32.1. The van der Waals surface area contributed by atoms with Gasteiger partial charge in [-0.05, 0) is 63.8 Å². The molecule has 3 aromatic rings. The third kappa shape index (κ3) is 4.36. The van der Waals surface area contributed by atoms with Gasteiger partial charge in [0.05, 0.1) is 30.2 Å². The van der Waals surface area contributed by atoms with E-state index in [0.717, 1.165) is 57.7 Å². The second-order valence-corrected chi connectivity index (χ2v) is 11.6. The van der Waals surface area contributed by atoms with Crippen LogP contribution in [0.15, 0.2) is 33.9 Å². The van der Waals surface area contributed by atoms with Crippen LogP contribution in [0.25, 0.3) is 10.2 Å². The monoisotopic (exact) mass is 482 g/mol. The van der Waals surface area contributed by atoms with Crippen LogP contribution in [0.5, 0.6) is 5.75 Å². The zero-order chi connectivity index (χ0) is 24.0. The third-order valence-electron chi connectivity index (χ3n) is 6.96. The van der Waals surface area contributed by atoms with Crippen LogP contribution < -0.4 is 16.0 Å². The fourth-order valence-electron chi connectivity index (χ4n) is 5.30. The minimum Gasteiger partial charge on any atom is -0.491 e. The van der Waals surface area contributed by atoms with Gasteiger partial charge in [-0.2, -0.15) is 0 Å². The molecular weight excluding hydrogens is 448 g/mol. The first-order chi connectivity index (χ1) is 16.2. The maximum atomic E-state index is 13.8. The molecule has 0 radical (unpaired) electrons. The number of benzene rings is 1. The fourth-order valence-corrected chi connectivity index (χ4v) is 6.52. The van der Waals surface area contributed by atoms with E-state index in [1.54, 1.807) is 15.9 Å². The van der Waals surface area contributed by atoms with Crippen LogP contribution in [-0.4, -0.2) is 20.8 Å². The predicted octanol–water partition coefficient (Wildman–Crippen LogP) is 5.42. The molecule has 1 fully saturated rings. The van der Waals surface area contributed by atoms with E-state index in [4.69, 9.17) is 9.47 Å². The Hall–Kier alpha value is -2.38. The van der Waals surface area contributed by atoms with Crippen LogP contribution in [0.3, 0.4) is 0 Å². The molecule has 1 aliphatic carbocycles. The highest BCUT2D eigenvalue weighted by molar-refractivity contribution is 7.18. The Morgan fingerprint density at radius 2 is 1.82 bits per heavy atom. The van der Waals surface area contributed by atoms with Gasteiger partial charge in [-0.1, -0.05) is 31.4 Å². The normalized spacial score (nSPS) is 18.4. The Balaban J connectivity index is 1.66. The van der Waals surface area contributed by atoms with Crippen molar-refractivity contribution >= 4 is 21.6 Å². The first-order valence-corrected chi connectivity index (χ1v) is 13.2. The average Bonchev–Trinajstić information content (AvgIpc) is 3.16. The van der Waals surface area contributed by atoms with Crippen molar-refractivity contribution in [2.45, 2.75) is 97.1 Å². The summed E-state index contributed by atoms with van der Waals surface area (Å²) in [5.41, 5.74) is 1.46. The molecule has 0 atom stereocenters. The summed E-state index contributed by atoms with van der Waals surface area (Å²) >= 11 is 1.54. The Bertz CT molecular complexity index is 1310. The quantitative estimate of drug-likeness (QED) is 0.487. The van der Waals surface area contributed by atoms with Gasteiger partial charge in [0.25, 0.3) is 5.56 Å². The number of rotatable bonds is 5. The highest BCUT2D eigenvalue weighted by Crippen LogP contribution is 2.38. The van der Waals surface area contributed by atoms with Crippen molar-refractivity contribution in [3.63, 3.8) is 0 Å². The molecule has 0 N–H and O–H groups in total. The lowest BCUT2D eigenvalue weighted by Crippen LogP contribution is -2.43. The van der Waals surface area contributed by atoms with Gasteiger partial charge < -0.3 is 9.47 Å². The summed E-state index contributed by atoms with van der Waals surface area (Å²) in [4.78, 5) is 29.5. The fraction of sp³-hybridized carbons (Fsp3) is 0.556. The maximum absolute atomic E-state index is 13.8. The lowest BCUT2D eigenvalue weighted by atomic mass is 9.93. The number of fused-ring (bicyclic) bond motifs is 3. The van der Waals surface area contributed by atoms with Crippen molar-refractivity contribution in [1.82, 2.24) is 9.13 Å². The molecule has 34 heavy (non-hydrogen) atoms. The first-order valence-electron chi connectivity index (χ1n) is 12.4. The van der Waals surface area contributed by atoms with Crippen molar-refractivity contribution < 1.29 is 9.47 Å². The molecule has 0 unspecified atom stereocenters. The van der Waals surface area contributed by atoms with Crippen molar-refractivity contribution in [1.29, 1.82) is 0 Å². The van der Waals surface area contributed by atoms with E-state index in [9.17, 15) is 9.59 Å². The Morgan fingerprint density at radius 3 is 2.50 bits per heavy atom. The minimum atomic E-state index is -0.323. The molecule has 1 aromatic carbocycles. The second kappa shape index (κ2) is 9.00. The summed E-state index contributed by atoms with van der Waals surface area (Å²) in [5.74, 6) is 0.814. The summed E-state index contributed by atoms with van der Waals surface area (Å²) < 4.78 is 15.2. The van der Waals surface area contributed by atoms with E-state index >= 15 is 0 Å². The van der Waals surface area contributed by atoms with Gasteiger partial charge in [0.2, 0.25) is 0 Å². The summed E-state index contributed by atoms with van der Waals surface area (Å²) in [6.07, 6.45) is 5.87. The molecule has 1 aliphatic heterocycles. The van der Waals surface area contributed by atoms with Crippen molar-refractivity contribution in [2.24, 2.45) is 0 Å². The smallest absolute Gasteiger partial charge is 0.332 e. The second-order valence-electron chi connectivity index (χ2n) is 10.6. The van der Waals surface area contributed by atoms with E-state index in [2.05, 4.69) is 13.8 Å². The molecular formula is C27H34N2O4S. The van der Waals surface area contributed by atoms with Crippen molar-refractivity contribution in [3.05, 3.63) is 61.1 Å². The topological polar surface area (TPSA) is 62.5 Å². The Labute approximate surface area is 204 Å². The van der Waals surface area contributed by atoms with Crippen LogP contribution in [0.4, 0.5) is 0 Å². The first kappa shape index (κ1) is 23.4. The standard InChI is InChI=1S/C27H34N2O4S/c1-17(2)33-20-12-10-18(11-13-20)15-28-25-23(21-14-27(3,4)32-16-22(21)34-25)24(30)29(26(28)31)19-8-6-5-7-9-19/h10-13,17,19H,5-9,14-16H2,1-4H3.